The number of nitro groups is 1. The fraction of sp³-hybridized carbons (Fsp3) is 0.143. The molecule has 0 atom stereocenters. The van der Waals surface area contributed by atoms with E-state index >= 15 is 0 Å². The van der Waals surface area contributed by atoms with E-state index in [-0.39, 0.29) is 17.7 Å². The van der Waals surface area contributed by atoms with Crippen molar-refractivity contribution in [1.29, 1.82) is 0 Å². The SMILES string of the molecule is O=[N+]([O-])c1cc(S(F)(F)(F)(F)F)ccc1C(Br)Br. The van der Waals surface area contributed by atoms with E-state index < -0.39 is 29.5 Å². The lowest BCUT2D eigenvalue weighted by Gasteiger charge is -2.40. The van der Waals surface area contributed by atoms with Crippen LogP contribution in [0.5, 0.6) is 0 Å². The van der Waals surface area contributed by atoms with Crippen molar-refractivity contribution in [3.63, 3.8) is 0 Å². The maximum atomic E-state index is 12.5. The summed E-state index contributed by atoms with van der Waals surface area (Å²) in [6, 6.07) is 0.589. The van der Waals surface area contributed by atoms with E-state index in [9.17, 15) is 29.5 Å². The van der Waals surface area contributed by atoms with Crippen molar-refractivity contribution in [2.75, 3.05) is 0 Å². The number of hydrogen-bond donors (Lipinski definition) is 0. The van der Waals surface area contributed by atoms with Crippen molar-refractivity contribution in [2.45, 2.75) is 8.63 Å². The molecule has 11 heteroatoms. The molecule has 0 aromatic heterocycles. The highest BCUT2D eigenvalue weighted by molar-refractivity contribution is 9.24. The second-order valence-electron chi connectivity index (χ2n) is 3.25. The van der Waals surface area contributed by atoms with Gasteiger partial charge in [0.15, 0.2) is 0 Å². The van der Waals surface area contributed by atoms with Crippen LogP contribution in [0.15, 0.2) is 23.1 Å². The van der Waals surface area contributed by atoms with Gasteiger partial charge >= 0.3 is 10.2 Å². The Hall–Kier alpha value is -0.420. The van der Waals surface area contributed by atoms with Gasteiger partial charge < -0.3 is 0 Å². The first-order valence-corrected chi connectivity index (χ1v) is 7.81. The summed E-state index contributed by atoms with van der Waals surface area (Å²) in [4.78, 5) is 7.14. The first kappa shape index (κ1) is 15.6. The summed E-state index contributed by atoms with van der Waals surface area (Å²) >= 11 is 5.71. The van der Waals surface area contributed by atoms with Crippen molar-refractivity contribution >= 4 is 47.8 Å². The highest BCUT2D eigenvalue weighted by Gasteiger charge is 2.65. The van der Waals surface area contributed by atoms with Crippen molar-refractivity contribution in [2.24, 2.45) is 0 Å². The summed E-state index contributed by atoms with van der Waals surface area (Å²) in [6.07, 6.45) is 0. The molecule has 0 N–H and O–H groups in total. The van der Waals surface area contributed by atoms with Crippen LogP contribution in [0.3, 0.4) is 0 Å². The molecule has 0 radical (unpaired) electrons. The van der Waals surface area contributed by atoms with Gasteiger partial charge in [-0.15, -0.1) is 0 Å². The van der Waals surface area contributed by atoms with Crippen LogP contribution in [-0.4, -0.2) is 4.92 Å². The smallest absolute Gasteiger partial charge is 0.258 e. The number of nitro benzene ring substituents is 1. The highest BCUT2D eigenvalue weighted by atomic mass is 79.9. The van der Waals surface area contributed by atoms with Gasteiger partial charge in [-0.2, -0.15) is 0 Å². The number of rotatable bonds is 3. The first-order chi connectivity index (χ1) is 7.72. The zero-order valence-corrected chi connectivity index (χ0v) is 12.1. The molecular formula is C7H4Br2F5NO2S. The van der Waals surface area contributed by atoms with Crippen molar-refractivity contribution in [3.8, 4) is 0 Å². The zero-order valence-electron chi connectivity index (χ0n) is 8.13. The number of halogens is 7. The van der Waals surface area contributed by atoms with Gasteiger partial charge in [0.05, 0.1) is 10.5 Å². The van der Waals surface area contributed by atoms with Gasteiger partial charge in [0.25, 0.3) is 5.69 Å². The average molecular weight is 421 g/mol. The Morgan fingerprint density at radius 1 is 1.17 bits per heavy atom. The molecule has 0 amide bonds. The van der Waals surface area contributed by atoms with E-state index in [1.165, 1.54) is 0 Å². The molecule has 0 bridgehead atoms. The van der Waals surface area contributed by atoms with E-state index in [1.807, 2.05) is 0 Å². The molecule has 0 saturated heterocycles. The average Bonchev–Trinajstić information content (AvgIpc) is 2.13. The molecule has 0 unspecified atom stereocenters. The van der Waals surface area contributed by atoms with E-state index in [0.29, 0.717) is 6.07 Å². The van der Waals surface area contributed by atoms with Crippen molar-refractivity contribution in [1.82, 2.24) is 0 Å². The van der Waals surface area contributed by atoms with Gasteiger partial charge in [-0.3, -0.25) is 10.1 Å². The van der Waals surface area contributed by atoms with Crippen LogP contribution in [0, 0.1) is 10.1 Å². The van der Waals surface area contributed by atoms with Gasteiger partial charge in [0.1, 0.15) is 8.63 Å². The Bertz CT molecular complexity index is 518. The predicted molar refractivity (Wildman–Crippen MR) is 65.1 cm³/mol. The van der Waals surface area contributed by atoms with Crippen LogP contribution in [0.1, 0.15) is 9.30 Å². The van der Waals surface area contributed by atoms with Gasteiger partial charge in [-0.25, -0.2) is 0 Å². The molecule has 18 heavy (non-hydrogen) atoms. The summed E-state index contributed by atoms with van der Waals surface area (Å²) in [5.74, 6) is 0. The minimum atomic E-state index is -9.91. The molecule has 0 spiro atoms. The fourth-order valence-corrected chi connectivity index (χ4v) is 2.54. The molecule has 104 valence electrons. The number of alkyl halides is 2. The van der Waals surface area contributed by atoms with E-state index in [1.54, 1.807) is 0 Å². The lowest BCUT2D eigenvalue weighted by atomic mass is 10.2. The maximum Gasteiger partial charge on any atom is 0.310 e. The van der Waals surface area contributed by atoms with Gasteiger partial charge in [0, 0.05) is 6.07 Å². The van der Waals surface area contributed by atoms with Crippen LogP contribution in [0.2, 0.25) is 0 Å². The van der Waals surface area contributed by atoms with E-state index in [0.717, 1.165) is 0 Å². The molecule has 0 aliphatic heterocycles. The van der Waals surface area contributed by atoms with Crippen molar-refractivity contribution in [3.05, 3.63) is 33.9 Å². The third-order valence-corrected chi connectivity index (χ3v) is 4.01. The summed E-state index contributed by atoms with van der Waals surface area (Å²) < 4.78 is 61.6. The van der Waals surface area contributed by atoms with Crippen LogP contribution >= 0.6 is 42.1 Å². The predicted octanol–water partition coefficient (Wildman–Crippen LogP) is 6.04. The zero-order chi connectivity index (χ0) is 14.4. The summed E-state index contributed by atoms with van der Waals surface area (Å²) in [7, 11) is -9.91. The largest absolute Gasteiger partial charge is 0.310 e. The lowest BCUT2D eigenvalue weighted by Crippen LogP contribution is -2.07. The first-order valence-electron chi connectivity index (χ1n) is 4.03. The fourth-order valence-electron chi connectivity index (χ4n) is 1.11. The van der Waals surface area contributed by atoms with Crippen LogP contribution < -0.4 is 0 Å². The third kappa shape index (κ3) is 3.54. The minimum Gasteiger partial charge on any atom is -0.258 e. The van der Waals surface area contributed by atoms with Gasteiger partial charge in [0.2, 0.25) is 0 Å². The third-order valence-electron chi connectivity index (χ3n) is 1.88. The van der Waals surface area contributed by atoms with Gasteiger partial charge in [-0.1, -0.05) is 51.3 Å². The minimum absolute atomic E-state index is 0.124. The van der Waals surface area contributed by atoms with E-state index in [2.05, 4.69) is 31.9 Å². The monoisotopic (exact) mass is 419 g/mol. The molecule has 0 fully saturated rings. The Morgan fingerprint density at radius 2 is 1.67 bits per heavy atom. The summed E-state index contributed by atoms with van der Waals surface area (Å²) in [5.41, 5.74) is -1.23. The molecule has 0 saturated carbocycles. The van der Waals surface area contributed by atoms with Gasteiger partial charge in [-0.05, 0) is 12.1 Å². The Kier molecular flexibility index (Phi) is 3.29. The second kappa shape index (κ2) is 3.79. The molecular weight excluding hydrogens is 417 g/mol. The van der Waals surface area contributed by atoms with Crippen molar-refractivity contribution < 1.29 is 24.4 Å². The number of benzene rings is 1. The molecule has 0 aliphatic rings. The summed E-state index contributed by atoms with van der Waals surface area (Å²) in [5, 5.41) is 10.6. The highest BCUT2D eigenvalue weighted by Crippen LogP contribution is 3.02. The van der Waals surface area contributed by atoms with E-state index in [4.69, 9.17) is 0 Å². The molecule has 1 rings (SSSR count). The normalized spacial score (nSPS) is 16.2. The topological polar surface area (TPSA) is 43.1 Å². The standard InChI is InChI=1S/C7H4Br2F5NO2S/c8-7(9)5-2-1-4(3-6(5)15(16)17)18(10,11,12,13)14/h1-3,7H. The maximum absolute atomic E-state index is 12.5. The molecule has 0 aliphatic carbocycles. The van der Waals surface area contributed by atoms with Crippen LogP contribution in [0.4, 0.5) is 25.1 Å². The lowest BCUT2D eigenvalue weighted by molar-refractivity contribution is -0.385. The number of hydrogen-bond acceptors (Lipinski definition) is 2. The Morgan fingerprint density at radius 3 is 2.00 bits per heavy atom. The van der Waals surface area contributed by atoms with Crippen LogP contribution in [0.25, 0.3) is 0 Å². The molecule has 1 aromatic carbocycles. The summed E-state index contributed by atoms with van der Waals surface area (Å²) in [6.45, 7) is 0. The van der Waals surface area contributed by atoms with Crippen LogP contribution in [-0.2, 0) is 0 Å². The Balaban J connectivity index is 3.58. The molecule has 3 nitrogen and oxygen atoms in total. The second-order valence-corrected chi connectivity index (χ2v) is 8.72. The number of nitrogens with zero attached hydrogens (tertiary/aromatic N) is 1. The molecule has 1 aromatic rings. The molecule has 0 heterocycles. The Labute approximate surface area is 114 Å². The quantitative estimate of drug-likeness (QED) is 0.259.